The highest BCUT2D eigenvalue weighted by molar-refractivity contribution is 14.1. The third kappa shape index (κ3) is 2.37. The Kier molecular flexibility index (Phi) is 3.14. The van der Waals surface area contributed by atoms with E-state index in [1.807, 2.05) is 0 Å². The first-order chi connectivity index (χ1) is 6.25. The van der Waals surface area contributed by atoms with Crippen LogP contribution in [0.4, 0.5) is 5.69 Å². The van der Waals surface area contributed by atoms with Gasteiger partial charge in [0, 0.05) is 19.8 Å². The second-order valence-corrected chi connectivity index (χ2v) is 5.42. The Balaban J connectivity index is 2.07. The minimum atomic E-state index is 0.719. The van der Waals surface area contributed by atoms with Crippen molar-refractivity contribution in [3.8, 4) is 0 Å². The summed E-state index contributed by atoms with van der Waals surface area (Å²) in [5, 5.41) is 3.52. The molecule has 0 unspecified atom stereocenters. The molecule has 2 rings (SSSR count). The third-order valence-electron chi connectivity index (χ3n) is 2.40. The molecule has 1 aromatic carbocycles. The Labute approximate surface area is 101 Å². The van der Waals surface area contributed by atoms with E-state index in [2.05, 4.69) is 62.0 Å². The summed E-state index contributed by atoms with van der Waals surface area (Å²) in [6.45, 7) is 0. The zero-order valence-corrected chi connectivity index (χ0v) is 10.9. The average Bonchev–Trinajstić information content (AvgIpc) is 2.04. The summed E-state index contributed by atoms with van der Waals surface area (Å²) < 4.78 is 2.44. The number of nitrogens with one attached hydrogen (secondary N) is 1. The van der Waals surface area contributed by atoms with Crippen LogP contribution in [0.5, 0.6) is 0 Å². The second kappa shape index (κ2) is 4.17. The van der Waals surface area contributed by atoms with Gasteiger partial charge in [0.05, 0.1) is 0 Å². The fraction of sp³-hybridized carbons (Fsp3) is 0.400. The van der Waals surface area contributed by atoms with Crippen LogP contribution in [0.2, 0.25) is 0 Å². The molecule has 1 N–H and O–H groups in total. The van der Waals surface area contributed by atoms with E-state index < -0.39 is 0 Å². The van der Waals surface area contributed by atoms with Gasteiger partial charge in [-0.05, 0) is 76.0 Å². The maximum atomic E-state index is 3.52. The molecule has 0 amide bonds. The minimum absolute atomic E-state index is 0.719. The molecule has 0 aromatic heterocycles. The van der Waals surface area contributed by atoms with E-state index in [1.54, 1.807) is 0 Å². The van der Waals surface area contributed by atoms with Gasteiger partial charge in [-0.25, -0.2) is 0 Å². The summed E-state index contributed by atoms with van der Waals surface area (Å²) in [5.74, 6) is 0. The summed E-state index contributed by atoms with van der Waals surface area (Å²) in [5.41, 5.74) is 1.25. The van der Waals surface area contributed by atoms with Crippen LogP contribution in [-0.2, 0) is 0 Å². The molecule has 13 heavy (non-hydrogen) atoms. The van der Waals surface area contributed by atoms with Gasteiger partial charge in [-0.3, -0.25) is 0 Å². The highest BCUT2D eigenvalue weighted by Crippen LogP contribution is 2.26. The van der Waals surface area contributed by atoms with E-state index in [0.29, 0.717) is 0 Å². The molecule has 0 heterocycles. The Morgan fingerprint density at radius 2 is 2.15 bits per heavy atom. The lowest BCUT2D eigenvalue weighted by molar-refractivity contribution is 0.445. The van der Waals surface area contributed by atoms with Crippen LogP contribution in [0, 0.1) is 3.57 Å². The van der Waals surface area contributed by atoms with Crippen molar-refractivity contribution >= 4 is 44.2 Å². The Morgan fingerprint density at radius 1 is 1.38 bits per heavy atom. The van der Waals surface area contributed by atoms with Gasteiger partial charge in [-0.2, -0.15) is 0 Å². The third-order valence-corrected chi connectivity index (χ3v) is 4.72. The molecule has 0 aliphatic heterocycles. The van der Waals surface area contributed by atoms with Crippen LogP contribution < -0.4 is 5.32 Å². The zero-order valence-electron chi connectivity index (χ0n) is 7.19. The zero-order chi connectivity index (χ0) is 9.26. The monoisotopic (exact) mass is 351 g/mol. The first kappa shape index (κ1) is 9.77. The standard InChI is InChI=1S/C10H11BrIN/c11-9-5-4-8(6-10(9)12)13-7-2-1-3-7/h4-7,13H,1-3H2. The molecule has 1 fully saturated rings. The van der Waals surface area contributed by atoms with Crippen LogP contribution in [0.1, 0.15) is 19.3 Å². The van der Waals surface area contributed by atoms with E-state index in [0.717, 1.165) is 6.04 Å². The van der Waals surface area contributed by atoms with Crippen LogP contribution >= 0.6 is 38.5 Å². The number of anilines is 1. The van der Waals surface area contributed by atoms with Crippen LogP contribution in [0.25, 0.3) is 0 Å². The van der Waals surface area contributed by atoms with E-state index in [-0.39, 0.29) is 0 Å². The molecular formula is C10H11BrIN. The van der Waals surface area contributed by atoms with Crippen molar-refractivity contribution < 1.29 is 0 Å². The van der Waals surface area contributed by atoms with Gasteiger partial charge in [0.2, 0.25) is 0 Å². The van der Waals surface area contributed by atoms with Crippen LogP contribution in [0.15, 0.2) is 22.7 Å². The molecule has 1 aromatic rings. The average molecular weight is 352 g/mol. The first-order valence-electron chi connectivity index (χ1n) is 4.47. The van der Waals surface area contributed by atoms with Crippen molar-refractivity contribution in [1.29, 1.82) is 0 Å². The molecule has 0 spiro atoms. The number of rotatable bonds is 2. The molecule has 70 valence electrons. The predicted octanol–water partition coefficient (Wildman–Crippen LogP) is 4.02. The second-order valence-electron chi connectivity index (χ2n) is 3.40. The first-order valence-corrected chi connectivity index (χ1v) is 6.34. The van der Waals surface area contributed by atoms with Crippen molar-refractivity contribution in [3.05, 3.63) is 26.2 Å². The van der Waals surface area contributed by atoms with Crippen LogP contribution in [0.3, 0.4) is 0 Å². The largest absolute Gasteiger partial charge is 0.382 e. The van der Waals surface area contributed by atoms with Crippen molar-refractivity contribution in [2.75, 3.05) is 5.32 Å². The number of benzene rings is 1. The van der Waals surface area contributed by atoms with Gasteiger partial charge in [0.1, 0.15) is 0 Å². The highest BCUT2D eigenvalue weighted by Gasteiger charge is 2.16. The van der Waals surface area contributed by atoms with Gasteiger partial charge in [0.15, 0.2) is 0 Å². The maximum Gasteiger partial charge on any atom is 0.0353 e. The van der Waals surface area contributed by atoms with Crippen molar-refractivity contribution in [3.63, 3.8) is 0 Å². The molecule has 3 heteroatoms. The predicted molar refractivity (Wildman–Crippen MR) is 68.1 cm³/mol. The van der Waals surface area contributed by atoms with Gasteiger partial charge < -0.3 is 5.32 Å². The maximum absolute atomic E-state index is 3.52. The summed E-state index contributed by atoms with van der Waals surface area (Å²) in [6, 6.07) is 7.13. The van der Waals surface area contributed by atoms with Crippen LogP contribution in [-0.4, -0.2) is 6.04 Å². The molecule has 1 aliphatic rings. The number of halogens is 2. The minimum Gasteiger partial charge on any atom is -0.382 e. The molecular weight excluding hydrogens is 341 g/mol. The van der Waals surface area contributed by atoms with Gasteiger partial charge >= 0.3 is 0 Å². The lowest BCUT2D eigenvalue weighted by Crippen LogP contribution is -2.26. The number of hydrogen-bond acceptors (Lipinski definition) is 1. The molecule has 0 bridgehead atoms. The SMILES string of the molecule is Brc1ccc(NC2CCC2)cc1I. The summed E-state index contributed by atoms with van der Waals surface area (Å²) in [6.07, 6.45) is 4.03. The topological polar surface area (TPSA) is 12.0 Å². The fourth-order valence-corrected chi connectivity index (χ4v) is 2.14. The van der Waals surface area contributed by atoms with Crippen molar-refractivity contribution in [2.24, 2.45) is 0 Å². The molecule has 0 saturated heterocycles. The van der Waals surface area contributed by atoms with Crippen molar-refractivity contribution in [1.82, 2.24) is 0 Å². The normalized spacial score (nSPS) is 16.8. The molecule has 1 nitrogen and oxygen atoms in total. The summed E-state index contributed by atoms with van der Waals surface area (Å²) in [4.78, 5) is 0. The Morgan fingerprint density at radius 3 is 2.69 bits per heavy atom. The molecule has 0 atom stereocenters. The van der Waals surface area contributed by atoms with E-state index >= 15 is 0 Å². The molecule has 1 saturated carbocycles. The number of hydrogen-bond donors (Lipinski definition) is 1. The van der Waals surface area contributed by atoms with Gasteiger partial charge in [-0.15, -0.1) is 0 Å². The Bertz CT molecular complexity index is 310. The van der Waals surface area contributed by atoms with E-state index in [9.17, 15) is 0 Å². The fourth-order valence-electron chi connectivity index (χ4n) is 1.37. The van der Waals surface area contributed by atoms with E-state index in [1.165, 1.54) is 33.0 Å². The quantitative estimate of drug-likeness (QED) is 0.793. The Hall–Kier alpha value is 0.230. The lowest BCUT2D eigenvalue weighted by atomic mass is 9.93. The van der Waals surface area contributed by atoms with Gasteiger partial charge in [-0.1, -0.05) is 0 Å². The highest BCUT2D eigenvalue weighted by atomic mass is 127. The molecule has 1 aliphatic carbocycles. The molecule has 0 radical (unpaired) electrons. The van der Waals surface area contributed by atoms with Crippen molar-refractivity contribution in [2.45, 2.75) is 25.3 Å². The lowest BCUT2D eigenvalue weighted by Gasteiger charge is -2.27. The summed E-state index contributed by atoms with van der Waals surface area (Å²) in [7, 11) is 0. The van der Waals surface area contributed by atoms with Gasteiger partial charge in [0.25, 0.3) is 0 Å². The van der Waals surface area contributed by atoms with E-state index in [4.69, 9.17) is 0 Å². The summed E-state index contributed by atoms with van der Waals surface area (Å²) >= 11 is 5.83. The smallest absolute Gasteiger partial charge is 0.0353 e.